The van der Waals surface area contributed by atoms with Crippen molar-refractivity contribution < 1.29 is 9.63 Å². The Bertz CT molecular complexity index is 104. The fourth-order valence-corrected chi connectivity index (χ4v) is 0.352. The molecule has 0 saturated carbocycles. The summed E-state index contributed by atoms with van der Waals surface area (Å²) in [6.45, 7) is 6.19. The molecular formula is C6H14N2O2. The summed E-state index contributed by atoms with van der Waals surface area (Å²) < 4.78 is 0. The largest absolute Gasteiger partial charge is 0.426 e. The van der Waals surface area contributed by atoms with Crippen molar-refractivity contribution in [2.75, 3.05) is 6.54 Å². The van der Waals surface area contributed by atoms with Crippen molar-refractivity contribution in [3.8, 4) is 0 Å². The Morgan fingerprint density at radius 1 is 1.60 bits per heavy atom. The van der Waals surface area contributed by atoms with Gasteiger partial charge in [-0.1, -0.05) is 0 Å². The first kappa shape index (κ1) is 9.23. The number of hydrogen-bond donors (Lipinski definition) is 2. The lowest BCUT2D eigenvalue weighted by Gasteiger charge is -2.07. The van der Waals surface area contributed by atoms with E-state index in [1.165, 1.54) is 0 Å². The predicted molar refractivity (Wildman–Crippen MR) is 38.4 cm³/mol. The van der Waals surface area contributed by atoms with Gasteiger partial charge in [-0.15, -0.1) is 5.48 Å². The summed E-state index contributed by atoms with van der Waals surface area (Å²) in [4.78, 5) is 15.1. The summed E-state index contributed by atoms with van der Waals surface area (Å²) in [5, 5.41) is 2.48. The van der Waals surface area contributed by atoms with Gasteiger partial charge < -0.3 is 10.2 Å². The molecule has 0 aromatic carbocycles. The number of carbonyl (C=O) groups is 1. The van der Waals surface area contributed by atoms with E-state index in [2.05, 4.69) is 15.6 Å². The number of carbonyl (C=O) groups excluding carboxylic acids is 1. The first-order chi connectivity index (χ1) is 4.66. The van der Waals surface area contributed by atoms with Crippen LogP contribution in [0.4, 0.5) is 4.79 Å². The highest BCUT2D eigenvalue weighted by Gasteiger charge is 1.99. The molecule has 0 rings (SSSR count). The normalized spacial score (nSPS) is 9.60. The van der Waals surface area contributed by atoms with Crippen LogP contribution >= 0.6 is 0 Å². The molecule has 0 saturated heterocycles. The lowest BCUT2D eigenvalue weighted by molar-refractivity contribution is 0.0760. The molecular weight excluding hydrogens is 132 g/mol. The maximum Gasteiger partial charge on any atom is 0.426 e. The van der Waals surface area contributed by atoms with Gasteiger partial charge >= 0.3 is 6.09 Å². The third-order valence-electron chi connectivity index (χ3n) is 0.708. The molecule has 0 heterocycles. The van der Waals surface area contributed by atoms with Crippen LogP contribution in [0, 0.1) is 0 Å². The van der Waals surface area contributed by atoms with Gasteiger partial charge in [-0.05, 0) is 20.8 Å². The van der Waals surface area contributed by atoms with Gasteiger partial charge in [-0.3, -0.25) is 0 Å². The van der Waals surface area contributed by atoms with Crippen LogP contribution in [-0.2, 0) is 4.84 Å². The van der Waals surface area contributed by atoms with Crippen LogP contribution in [0.5, 0.6) is 0 Å². The van der Waals surface area contributed by atoms with Crippen molar-refractivity contribution in [3.63, 3.8) is 0 Å². The van der Waals surface area contributed by atoms with Gasteiger partial charge in [0.1, 0.15) is 0 Å². The summed E-state index contributed by atoms with van der Waals surface area (Å²) in [6.07, 6.45) is -0.434. The summed E-state index contributed by atoms with van der Waals surface area (Å²) in [5.74, 6) is 0. The molecule has 0 aliphatic carbocycles. The van der Waals surface area contributed by atoms with E-state index in [9.17, 15) is 4.79 Å². The van der Waals surface area contributed by atoms with Crippen molar-refractivity contribution in [1.82, 2.24) is 10.8 Å². The van der Waals surface area contributed by atoms with Gasteiger partial charge in [0.25, 0.3) is 0 Å². The second-order valence-corrected chi connectivity index (χ2v) is 2.19. The minimum absolute atomic E-state index is 0.155. The number of rotatable bonds is 3. The minimum atomic E-state index is -0.434. The summed E-state index contributed by atoms with van der Waals surface area (Å²) >= 11 is 0. The molecule has 0 bridgehead atoms. The Kier molecular flexibility index (Phi) is 4.66. The first-order valence-corrected chi connectivity index (χ1v) is 3.37. The van der Waals surface area contributed by atoms with Gasteiger partial charge in [-0.25, -0.2) is 4.79 Å². The van der Waals surface area contributed by atoms with Gasteiger partial charge in [0.05, 0.1) is 0 Å². The Balaban J connectivity index is 3.22. The van der Waals surface area contributed by atoms with E-state index < -0.39 is 6.09 Å². The van der Waals surface area contributed by atoms with Crippen LogP contribution in [0.2, 0.25) is 0 Å². The van der Waals surface area contributed by atoms with E-state index in [-0.39, 0.29) is 6.04 Å². The first-order valence-electron chi connectivity index (χ1n) is 3.37. The molecule has 0 aliphatic rings. The monoisotopic (exact) mass is 146 g/mol. The summed E-state index contributed by atoms with van der Waals surface area (Å²) in [5.41, 5.74) is 2.52. The van der Waals surface area contributed by atoms with E-state index in [4.69, 9.17) is 0 Å². The second kappa shape index (κ2) is 5.05. The zero-order valence-electron chi connectivity index (χ0n) is 6.60. The lowest BCUT2D eigenvalue weighted by Crippen LogP contribution is -2.33. The summed E-state index contributed by atoms with van der Waals surface area (Å²) in [6, 6.07) is 0.155. The standard InChI is InChI=1S/C6H14N2O2/c1-4-7-6(9)10-8-5(2)3/h5,8H,4H2,1-3H3,(H,7,9). The van der Waals surface area contributed by atoms with Crippen molar-refractivity contribution in [2.45, 2.75) is 26.8 Å². The van der Waals surface area contributed by atoms with Crippen LogP contribution in [0.25, 0.3) is 0 Å². The molecule has 0 radical (unpaired) electrons. The molecule has 10 heavy (non-hydrogen) atoms. The van der Waals surface area contributed by atoms with Crippen molar-refractivity contribution in [3.05, 3.63) is 0 Å². The van der Waals surface area contributed by atoms with Crippen LogP contribution in [-0.4, -0.2) is 18.7 Å². The van der Waals surface area contributed by atoms with Crippen molar-refractivity contribution in [2.24, 2.45) is 0 Å². The smallest absolute Gasteiger partial charge is 0.354 e. The molecule has 0 aromatic heterocycles. The third-order valence-corrected chi connectivity index (χ3v) is 0.708. The highest BCUT2D eigenvalue weighted by atomic mass is 16.7. The molecule has 0 atom stereocenters. The Morgan fingerprint density at radius 2 is 2.20 bits per heavy atom. The Morgan fingerprint density at radius 3 is 2.60 bits per heavy atom. The number of hydroxylamine groups is 1. The molecule has 0 spiro atoms. The van der Waals surface area contributed by atoms with E-state index in [0.29, 0.717) is 6.54 Å². The zero-order valence-corrected chi connectivity index (χ0v) is 6.60. The number of hydrogen-bond acceptors (Lipinski definition) is 3. The van der Waals surface area contributed by atoms with Gasteiger partial charge in [-0.2, -0.15) is 0 Å². The predicted octanol–water partition coefficient (Wildman–Crippen LogP) is 0.645. The SMILES string of the molecule is CCNC(=O)ONC(C)C. The molecule has 2 N–H and O–H groups in total. The average Bonchev–Trinajstić information content (AvgIpc) is 1.85. The number of nitrogens with one attached hydrogen (secondary N) is 2. The zero-order chi connectivity index (χ0) is 7.98. The maximum absolute atomic E-state index is 10.6. The Labute approximate surface area is 60.9 Å². The third kappa shape index (κ3) is 5.37. The minimum Gasteiger partial charge on any atom is -0.354 e. The Hall–Kier alpha value is -0.770. The molecule has 0 aromatic rings. The van der Waals surface area contributed by atoms with E-state index in [1.54, 1.807) is 0 Å². The lowest BCUT2D eigenvalue weighted by atomic mass is 10.4. The highest BCUT2D eigenvalue weighted by molar-refractivity contribution is 5.66. The van der Waals surface area contributed by atoms with Crippen LogP contribution in [0.3, 0.4) is 0 Å². The van der Waals surface area contributed by atoms with E-state index in [0.717, 1.165) is 0 Å². The topological polar surface area (TPSA) is 50.4 Å². The van der Waals surface area contributed by atoms with E-state index in [1.807, 2.05) is 20.8 Å². The van der Waals surface area contributed by atoms with Crippen LogP contribution in [0.15, 0.2) is 0 Å². The fourth-order valence-electron chi connectivity index (χ4n) is 0.352. The molecule has 4 nitrogen and oxygen atoms in total. The molecule has 0 fully saturated rings. The van der Waals surface area contributed by atoms with Crippen molar-refractivity contribution >= 4 is 6.09 Å². The highest BCUT2D eigenvalue weighted by Crippen LogP contribution is 1.77. The van der Waals surface area contributed by atoms with Gasteiger partial charge in [0.2, 0.25) is 0 Å². The molecule has 4 heteroatoms. The maximum atomic E-state index is 10.6. The molecule has 1 amide bonds. The number of amides is 1. The second-order valence-electron chi connectivity index (χ2n) is 2.19. The molecule has 60 valence electrons. The van der Waals surface area contributed by atoms with E-state index >= 15 is 0 Å². The van der Waals surface area contributed by atoms with Crippen LogP contribution < -0.4 is 10.8 Å². The van der Waals surface area contributed by atoms with Gasteiger partial charge in [0.15, 0.2) is 0 Å². The van der Waals surface area contributed by atoms with Gasteiger partial charge in [0, 0.05) is 12.6 Å². The van der Waals surface area contributed by atoms with Crippen LogP contribution in [0.1, 0.15) is 20.8 Å². The summed E-state index contributed by atoms with van der Waals surface area (Å²) in [7, 11) is 0. The molecule has 0 aliphatic heterocycles. The quantitative estimate of drug-likeness (QED) is 0.575. The van der Waals surface area contributed by atoms with Crippen molar-refractivity contribution in [1.29, 1.82) is 0 Å². The average molecular weight is 146 g/mol. The molecule has 0 unspecified atom stereocenters. The fraction of sp³-hybridized carbons (Fsp3) is 0.833.